The van der Waals surface area contributed by atoms with Gasteiger partial charge in [0.1, 0.15) is 0 Å². The molecule has 224 valence electrons. The van der Waals surface area contributed by atoms with Crippen LogP contribution >= 0.6 is 0 Å². The Morgan fingerprint density at radius 1 is 0.300 bits per heavy atom. The number of hydrogen-bond donors (Lipinski definition) is 0. The molecule has 2 saturated heterocycles. The van der Waals surface area contributed by atoms with E-state index in [1.807, 2.05) is 0 Å². The minimum absolute atomic E-state index is 0.956. The largest absolute Gasteiger partial charge is 0.294 e. The van der Waals surface area contributed by atoms with Crippen LogP contribution in [0.3, 0.4) is 0 Å². The second-order valence-electron chi connectivity index (χ2n) is 17.3. The molecule has 0 N–H and O–H groups in total. The molecule has 7 aliphatic carbocycles. The summed E-state index contributed by atoms with van der Waals surface area (Å²) in [5.41, 5.74) is 0. The lowest BCUT2D eigenvalue weighted by atomic mass is 9.61. The van der Waals surface area contributed by atoms with E-state index in [4.69, 9.17) is 0 Å². The Hall–Kier alpha value is -0.0800. The molecular formula is C38H62N2. The van der Waals surface area contributed by atoms with Gasteiger partial charge in [-0.15, -0.1) is 0 Å². The first-order valence-electron chi connectivity index (χ1n) is 19.4. The first-order valence-corrected chi connectivity index (χ1v) is 19.4. The molecule has 0 aromatic carbocycles. The topological polar surface area (TPSA) is 6.48 Å². The monoisotopic (exact) mass is 546 g/mol. The van der Waals surface area contributed by atoms with Crippen molar-refractivity contribution in [1.29, 1.82) is 0 Å². The summed E-state index contributed by atoms with van der Waals surface area (Å²) in [6, 6.07) is 5.80. The van der Waals surface area contributed by atoms with Crippen molar-refractivity contribution in [2.45, 2.75) is 190 Å². The van der Waals surface area contributed by atoms with Crippen molar-refractivity contribution in [3.05, 3.63) is 0 Å². The van der Waals surface area contributed by atoms with Crippen molar-refractivity contribution in [2.75, 3.05) is 0 Å². The molecule has 0 spiro atoms. The molecule has 0 amide bonds. The van der Waals surface area contributed by atoms with Crippen molar-refractivity contribution in [3.8, 4) is 0 Å². The fourth-order valence-electron chi connectivity index (χ4n) is 14.8. The van der Waals surface area contributed by atoms with Gasteiger partial charge in [0.15, 0.2) is 0 Å². The first-order chi connectivity index (χ1) is 19.8. The van der Waals surface area contributed by atoms with Gasteiger partial charge < -0.3 is 0 Å². The Morgan fingerprint density at radius 2 is 0.700 bits per heavy atom. The molecule has 9 rings (SSSR count). The Balaban J connectivity index is 1.01. The van der Waals surface area contributed by atoms with Gasteiger partial charge >= 0.3 is 0 Å². The van der Waals surface area contributed by atoms with Gasteiger partial charge in [0.05, 0.1) is 0 Å². The lowest BCUT2D eigenvalue weighted by Crippen LogP contribution is -2.54. The average Bonchev–Trinajstić information content (AvgIpc) is 3.53. The van der Waals surface area contributed by atoms with Gasteiger partial charge in [-0.3, -0.25) is 9.80 Å². The highest BCUT2D eigenvalue weighted by Crippen LogP contribution is 2.61. The summed E-state index contributed by atoms with van der Waals surface area (Å²) in [6.07, 6.45) is 37.5. The molecular weight excluding hydrogens is 484 g/mol. The van der Waals surface area contributed by atoms with Crippen molar-refractivity contribution >= 4 is 0 Å². The van der Waals surface area contributed by atoms with E-state index in [0.29, 0.717) is 0 Å². The minimum Gasteiger partial charge on any atom is -0.294 e. The van der Waals surface area contributed by atoms with Crippen LogP contribution < -0.4 is 0 Å². The van der Waals surface area contributed by atoms with Crippen molar-refractivity contribution in [3.63, 3.8) is 0 Å². The zero-order valence-corrected chi connectivity index (χ0v) is 25.9. The Morgan fingerprint density at radius 3 is 1.18 bits per heavy atom. The molecule has 2 aliphatic heterocycles. The SMILES string of the molecule is C1CCC2CC(N3C4CCCCC4C4C5C6CCCCC6N(C6CCC7CCCCC7C6)C5CCC43)CCC2C1. The van der Waals surface area contributed by atoms with Gasteiger partial charge in [-0.2, -0.15) is 0 Å². The Kier molecular flexibility index (Phi) is 7.12. The summed E-state index contributed by atoms with van der Waals surface area (Å²) in [5.74, 6) is 8.64. The number of rotatable bonds is 2. The summed E-state index contributed by atoms with van der Waals surface area (Å²) in [5, 5.41) is 0. The number of likely N-dealkylation sites (tertiary alicyclic amines) is 2. The molecule has 0 aromatic heterocycles. The molecule has 9 fully saturated rings. The van der Waals surface area contributed by atoms with Gasteiger partial charge in [-0.1, -0.05) is 77.0 Å². The molecule has 14 atom stereocenters. The van der Waals surface area contributed by atoms with E-state index in [2.05, 4.69) is 9.80 Å². The van der Waals surface area contributed by atoms with Crippen LogP contribution in [-0.2, 0) is 0 Å². The zero-order chi connectivity index (χ0) is 26.2. The average molecular weight is 547 g/mol. The van der Waals surface area contributed by atoms with Crippen molar-refractivity contribution in [1.82, 2.24) is 9.80 Å². The van der Waals surface area contributed by atoms with Crippen LogP contribution in [0.4, 0.5) is 0 Å². The van der Waals surface area contributed by atoms with Crippen molar-refractivity contribution < 1.29 is 0 Å². The van der Waals surface area contributed by atoms with E-state index in [0.717, 1.165) is 83.6 Å². The maximum Gasteiger partial charge on any atom is 0.0137 e. The lowest BCUT2D eigenvalue weighted by Gasteiger charge is -2.50. The Bertz CT molecular complexity index is 828. The predicted molar refractivity (Wildman–Crippen MR) is 165 cm³/mol. The molecule has 2 nitrogen and oxygen atoms in total. The molecule has 40 heavy (non-hydrogen) atoms. The summed E-state index contributed by atoms with van der Waals surface area (Å²) < 4.78 is 0. The highest BCUT2D eigenvalue weighted by atomic mass is 15.3. The zero-order valence-electron chi connectivity index (χ0n) is 25.9. The number of nitrogens with zero attached hydrogens (tertiary/aromatic N) is 2. The second kappa shape index (κ2) is 10.8. The highest BCUT2D eigenvalue weighted by Gasteiger charge is 2.63. The third-order valence-electron chi connectivity index (χ3n) is 16.0. The standard InChI is InChI=1S/C38H62N2/c1-3-11-27-23-29(19-17-25(27)9-1)39-33-15-7-5-13-31(33)37-35(39)21-22-36-38(37)32-14-6-8-16-34(32)40(36)30-20-18-26-10-2-4-12-28(26)24-30/h25-38H,1-24H2. The normalized spacial score (nSPS) is 54.9. The fraction of sp³-hybridized carbons (Fsp3) is 1.00. The van der Waals surface area contributed by atoms with Gasteiger partial charge in [0, 0.05) is 36.3 Å². The lowest BCUT2D eigenvalue weighted by molar-refractivity contribution is -0.00531. The maximum atomic E-state index is 3.36. The van der Waals surface area contributed by atoms with Crippen LogP contribution in [0.15, 0.2) is 0 Å². The van der Waals surface area contributed by atoms with Gasteiger partial charge in [0.2, 0.25) is 0 Å². The molecule has 0 aromatic rings. The van der Waals surface area contributed by atoms with Crippen LogP contribution in [0.5, 0.6) is 0 Å². The van der Waals surface area contributed by atoms with E-state index in [1.165, 1.54) is 38.5 Å². The quantitative estimate of drug-likeness (QED) is 0.340. The van der Waals surface area contributed by atoms with Gasteiger partial charge in [0.25, 0.3) is 0 Å². The van der Waals surface area contributed by atoms with E-state index in [9.17, 15) is 0 Å². The number of fused-ring (bicyclic) bond motifs is 9. The van der Waals surface area contributed by atoms with Crippen LogP contribution in [0.1, 0.15) is 154 Å². The minimum atomic E-state index is 0.956. The summed E-state index contributed by atoms with van der Waals surface area (Å²) in [6.45, 7) is 0. The fourth-order valence-corrected chi connectivity index (χ4v) is 14.8. The Labute approximate surface area is 247 Å². The third-order valence-corrected chi connectivity index (χ3v) is 16.0. The van der Waals surface area contributed by atoms with E-state index < -0.39 is 0 Å². The molecule has 14 unspecified atom stereocenters. The molecule has 0 bridgehead atoms. The first kappa shape index (κ1) is 26.3. The van der Waals surface area contributed by atoms with Crippen LogP contribution in [-0.4, -0.2) is 46.1 Å². The number of hydrogen-bond acceptors (Lipinski definition) is 2. The summed E-state index contributed by atoms with van der Waals surface area (Å²) in [7, 11) is 0. The van der Waals surface area contributed by atoms with Crippen molar-refractivity contribution in [2.24, 2.45) is 47.3 Å². The van der Waals surface area contributed by atoms with E-state index >= 15 is 0 Å². The summed E-state index contributed by atoms with van der Waals surface area (Å²) >= 11 is 0. The highest BCUT2D eigenvalue weighted by molar-refractivity contribution is 5.16. The molecule has 0 radical (unpaired) electrons. The third kappa shape index (κ3) is 4.20. The maximum absolute atomic E-state index is 3.36. The van der Waals surface area contributed by atoms with Crippen LogP contribution in [0.2, 0.25) is 0 Å². The molecule has 7 saturated carbocycles. The second-order valence-corrected chi connectivity index (χ2v) is 17.3. The predicted octanol–water partition coefficient (Wildman–Crippen LogP) is 9.22. The molecule has 9 aliphatic rings. The smallest absolute Gasteiger partial charge is 0.0137 e. The van der Waals surface area contributed by atoms with Crippen LogP contribution in [0.25, 0.3) is 0 Å². The van der Waals surface area contributed by atoms with E-state index in [-0.39, 0.29) is 0 Å². The van der Waals surface area contributed by atoms with Gasteiger partial charge in [-0.25, -0.2) is 0 Å². The molecule has 2 heteroatoms. The van der Waals surface area contributed by atoms with Gasteiger partial charge in [-0.05, 0) is 124 Å². The molecule has 2 heterocycles. The van der Waals surface area contributed by atoms with Crippen LogP contribution in [0, 0.1) is 47.3 Å². The van der Waals surface area contributed by atoms with E-state index in [1.54, 1.807) is 116 Å². The summed E-state index contributed by atoms with van der Waals surface area (Å²) in [4.78, 5) is 6.73.